The molecular weight excluding hydrogens is 398 g/mol. The molecule has 0 spiro atoms. The Bertz CT molecular complexity index is 1100. The number of anilines is 1. The van der Waals surface area contributed by atoms with Gasteiger partial charge in [-0.2, -0.15) is 0 Å². The van der Waals surface area contributed by atoms with Gasteiger partial charge < -0.3 is 24.8 Å². The quantitative estimate of drug-likeness (QED) is 0.582. The maximum Gasteiger partial charge on any atom is 0.171 e. The Kier molecular flexibility index (Phi) is 5.39. The average molecular weight is 424 g/mol. The molecule has 0 saturated carbocycles. The van der Waals surface area contributed by atoms with Crippen LogP contribution in [0.3, 0.4) is 0 Å². The van der Waals surface area contributed by atoms with Crippen LogP contribution in [-0.4, -0.2) is 29.9 Å². The molecule has 0 aliphatic carbocycles. The van der Waals surface area contributed by atoms with Crippen LogP contribution in [-0.2, 0) is 0 Å². The third kappa shape index (κ3) is 3.98. The largest absolute Gasteiger partial charge is 0.497 e. The number of pyridine rings is 1. The Morgan fingerprint density at radius 2 is 2.00 bits per heavy atom. The Morgan fingerprint density at radius 1 is 1.17 bits per heavy atom. The van der Waals surface area contributed by atoms with E-state index in [0.29, 0.717) is 5.11 Å². The minimum absolute atomic E-state index is 0.0125. The SMILES string of the molecule is COc1ccc2c(c1)C(NC(=S)Nc1ccc(OC)c3ncccc13)CC(C)(C)O2. The molecule has 7 heteroatoms. The molecule has 30 heavy (non-hydrogen) atoms. The Labute approximate surface area is 181 Å². The van der Waals surface area contributed by atoms with Gasteiger partial charge in [0.25, 0.3) is 0 Å². The van der Waals surface area contributed by atoms with Gasteiger partial charge in [-0.05, 0) is 68.5 Å². The van der Waals surface area contributed by atoms with Gasteiger partial charge in [0.15, 0.2) is 5.11 Å². The van der Waals surface area contributed by atoms with E-state index in [4.69, 9.17) is 26.4 Å². The molecule has 0 amide bonds. The number of nitrogens with zero attached hydrogens (tertiary/aromatic N) is 1. The van der Waals surface area contributed by atoms with E-state index in [2.05, 4.69) is 29.5 Å². The molecular formula is C23H25N3O3S. The van der Waals surface area contributed by atoms with Crippen LogP contribution in [0.2, 0.25) is 0 Å². The lowest BCUT2D eigenvalue weighted by atomic mass is 9.89. The van der Waals surface area contributed by atoms with Crippen molar-refractivity contribution in [2.24, 2.45) is 0 Å². The third-order valence-electron chi connectivity index (χ3n) is 5.18. The van der Waals surface area contributed by atoms with Crippen LogP contribution < -0.4 is 24.8 Å². The summed E-state index contributed by atoms with van der Waals surface area (Å²) in [6.07, 6.45) is 2.51. The predicted octanol–water partition coefficient (Wildman–Crippen LogP) is 4.84. The van der Waals surface area contributed by atoms with Gasteiger partial charge in [0.2, 0.25) is 0 Å². The van der Waals surface area contributed by atoms with Crippen molar-refractivity contribution in [1.29, 1.82) is 0 Å². The molecule has 1 aliphatic rings. The van der Waals surface area contributed by atoms with Crippen molar-refractivity contribution in [1.82, 2.24) is 10.3 Å². The topological polar surface area (TPSA) is 64.6 Å². The maximum absolute atomic E-state index is 6.15. The summed E-state index contributed by atoms with van der Waals surface area (Å²) in [5.41, 5.74) is 2.37. The number of aromatic nitrogens is 1. The van der Waals surface area contributed by atoms with Crippen molar-refractivity contribution < 1.29 is 14.2 Å². The molecule has 0 saturated heterocycles. The molecule has 3 aromatic rings. The van der Waals surface area contributed by atoms with Gasteiger partial charge in [0, 0.05) is 29.3 Å². The molecule has 1 aliphatic heterocycles. The smallest absolute Gasteiger partial charge is 0.171 e. The van der Waals surface area contributed by atoms with Crippen LogP contribution in [0.4, 0.5) is 5.69 Å². The maximum atomic E-state index is 6.15. The van der Waals surface area contributed by atoms with E-state index >= 15 is 0 Å². The highest BCUT2D eigenvalue weighted by Crippen LogP contribution is 2.41. The molecule has 0 fully saturated rings. The average Bonchev–Trinajstić information content (AvgIpc) is 2.73. The summed E-state index contributed by atoms with van der Waals surface area (Å²) in [6.45, 7) is 4.15. The molecule has 0 radical (unpaired) electrons. The van der Waals surface area contributed by atoms with Crippen molar-refractivity contribution in [3.05, 3.63) is 54.2 Å². The molecule has 0 bridgehead atoms. The van der Waals surface area contributed by atoms with Gasteiger partial charge in [-0.15, -0.1) is 0 Å². The first-order valence-electron chi connectivity index (χ1n) is 9.76. The van der Waals surface area contributed by atoms with E-state index in [0.717, 1.165) is 45.8 Å². The second-order valence-electron chi connectivity index (χ2n) is 7.84. The van der Waals surface area contributed by atoms with E-state index < -0.39 is 0 Å². The fourth-order valence-electron chi connectivity index (χ4n) is 3.83. The number of rotatable bonds is 4. The Morgan fingerprint density at radius 3 is 2.77 bits per heavy atom. The van der Waals surface area contributed by atoms with E-state index in [1.54, 1.807) is 20.4 Å². The minimum atomic E-state index is -0.314. The van der Waals surface area contributed by atoms with Crippen molar-refractivity contribution in [2.75, 3.05) is 19.5 Å². The number of hydrogen-bond acceptors (Lipinski definition) is 5. The molecule has 1 unspecified atom stereocenters. The zero-order chi connectivity index (χ0) is 21.3. The zero-order valence-electron chi connectivity index (χ0n) is 17.5. The highest BCUT2D eigenvalue weighted by molar-refractivity contribution is 7.80. The molecule has 4 rings (SSSR count). The number of methoxy groups -OCH3 is 2. The molecule has 2 N–H and O–H groups in total. The van der Waals surface area contributed by atoms with Crippen molar-refractivity contribution >= 4 is 33.9 Å². The summed E-state index contributed by atoms with van der Waals surface area (Å²) >= 11 is 5.66. The van der Waals surface area contributed by atoms with Crippen LogP contribution in [0, 0.1) is 0 Å². The third-order valence-corrected chi connectivity index (χ3v) is 5.40. The first kappa shape index (κ1) is 20.2. The molecule has 156 valence electrons. The predicted molar refractivity (Wildman–Crippen MR) is 123 cm³/mol. The van der Waals surface area contributed by atoms with Crippen LogP contribution >= 0.6 is 12.2 Å². The van der Waals surface area contributed by atoms with E-state index in [9.17, 15) is 0 Å². The number of hydrogen-bond donors (Lipinski definition) is 2. The summed E-state index contributed by atoms with van der Waals surface area (Å²) in [6, 6.07) is 13.6. The van der Waals surface area contributed by atoms with E-state index in [1.807, 2.05) is 42.5 Å². The van der Waals surface area contributed by atoms with Crippen LogP contribution in [0.1, 0.15) is 31.9 Å². The van der Waals surface area contributed by atoms with Gasteiger partial charge in [-0.3, -0.25) is 4.98 Å². The first-order valence-corrected chi connectivity index (χ1v) is 10.2. The fraction of sp³-hybridized carbons (Fsp3) is 0.304. The number of benzene rings is 2. The van der Waals surface area contributed by atoms with Gasteiger partial charge in [0.1, 0.15) is 28.4 Å². The van der Waals surface area contributed by atoms with Crippen molar-refractivity contribution in [2.45, 2.75) is 31.9 Å². The lowest BCUT2D eigenvalue weighted by Gasteiger charge is -2.38. The Balaban J connectivity index is 1.60. The number of fused-ring (bicyclic) bond motifs is 2. The lowest BCUT2D eigenvalue weighted by molar-refractivity contribution is 0.0695. The summed E-state index contributed by atoms with van der Waals surface area (Å²) in [7, 11) is 3.30. The molecule has 2 aromatic carbocycles. The van der Waals surface area contributed by atoms with E-state index in [-0.39, 0.29) is 11.6 Å². The summed E-state index contributed by atoms with van der Waals surface area (Å²) in [5.74, 6) is 2.35. The summed E-state index contributed by atoms with van der Waals surface area (Å²) < 4.78 is 17.0. The summed E-state index contributed by atoms with van der Waals surface area (Å²) in [5, 5.41) is 8.25. The standard InChI is InChI=1S/C23H25N3O3S/c1-23(2)13-18(16-12-14(27-3)7-9-19(16)29-23)26-22(30)25-17-8-10-20(28-4)21-15(17)6-5-11-24-21/h5-12,18H,13H2,1-4H3,(H2,25,26,30). The van der Waals surface area contributed by atoms with Crippen molar-refractivity contribution in [3.63, 3.8) is 0 Å². The molecule has 1 aromatic heterocycles. The van der Waals surface area contributed by atoms with Gasteiger partial charge in [0.05, 0.1) is 20.3 Å². The van der Waals surface area contributed by atoms with Crippen molar-refractivity contribution in [3.8, 4) is 17.2 Å². The van der Waals surface area contributed by atoms with E-state index in [1.165, 1.54) is 0 Å². The minimum Gasteiger partial charge on any atom is -0.497 e. The normalized spacial score (nSPS) is 16.9. The highest BCUT2D eigenvalue weighted by atomic mass is 32.1. The van der Waals surface area contributed by atoms with Crippen LogP contribution in [0.25, 0.3) is 10.9 Å². The lowest BCUT2D eigenvalue weighted by Crippen LogP contribution is -2.42. The number of thiocarbonyl (C=S) groups is 1. The van der Waals surface area contributed by atoms with Gasteiger partial charge in [-0.1, -0.05) is 0 Å². The number of nitrogens with one attached hydrogen (secondary N) is 2. The molecule has 2 heterocycles. The Hall–Kier alpha value is -3.06. The second kappa shape index (κ2) is 7.99. The number of ether oxygens (including phenoxy) is 3. The van der Waals surface area contributed by atoms with Crippen LogP contribution in [0.15, 0.2) is 48.7 Å². The molecule has 1 atom stereocenters. The van der Waals surface area contributed by atoms with Gasteiger partial charge in [-0.25, -0.2) is 0 Å². The van der Waals surface area contributed by atoms with Gasteiger partial charge >= 0.3 is 0 Å². The second-order valence-corrected chi connectivity index (χ2v) is 8.24. The highest BCUT2D eigenvalue weighted by Gasteiger charge is 2.34. The first-order chi connectivity index (χ1) is 14.4. The summed E-state index contributed by atoms with van der Waals surface area (Å²) in [4.78, 5) is 4.44. The monoisotopic (exact) mass is 423 g/mol. The fourth-order valence-corrected chi connectivity index (χ4v) is 4.08. The van der Waals surface area contributed by atoms with Crippen LogP contribution in [0.5, 0.6) is 17.2 Å². The zero-order valence-corrected chi connectivity index (χ0v) is 18.3. The molecule has 6 nitrogen and oxygen atoms in total.